The van der Waals surface area contributed by atoms with Gasteiger partial charge in [-0.25, -0.2) is 4.99 Å². The Morgan fingerprint density at radius 3 is 2.73 bits per heavy atom. The molecule has 2 aromatic rings. The van der Waals surface area contributed by atoms with E-state index in [1.807, 2.05) is 27.7 Å². The molecule has 160 valence electrons. The monoisotopic (exact) mass is 413 g/mol. The first-order valence-electron chi connectivity index (χ1n) is 10.2. The Hall–Kier alpha value is -3.10. The standard InChI is InChI=1S/C21H27N5O4/c1-12(2)10-25-18-13(5-8-15-22-11-21(3,4)30-15)9-23-26(18)20(29)16(19(25)28)17(27)24-14-6-7-14/h5,8-9,12,14,28H,6-7,10-11H2,1-4H3,(H,24,27). The number of amides is 1. The number of ether oxygens (including phenoxy) is 1. The molecule has 4 rings (SSSR count). The Bertz CT molecular complexity index is 1120. The molecule has 3 heterocycles. The number of aromatic hydroxyl groups is 1. The molecule has 1 aliphatic heterocycles. The highest BCUT2D eigenvalue weighted by Gasteiger charge is 2.30. The fourth-order valence-corrected chi connectivity index (χ4v) is 3.41. The molecule has 2 aromatic heterocycles. The van der Waals surface area contributed by atoms with Gasteiger partial charge in [0.2, 0.25) is 11.8 Å². The van der Waals surface area contributed by atoms with Gasteiger partial charge in [0.15, 0.2) is 5.56 Å². The van der Waals surface area contributed by atoms with Crippen LogP contribution in [0.4, 0.5) is 0 Å². The molecule has 0 spiro atoms. The Kier molecular flexibility index (Phi) is 4.91. The minimum Gasteiger partial charge on any atom is -0.494 e. The van der Waals surface area contributed by atoms with E-state index in [1.54, 1.807) is 16.7 Å². The highest BCUT2D eigenvalue weighted by atomic mass is 16.5. The quantitative estimate of drug-likeness (QED) is 0.752. The van der Waals surface area contributed by atoms with Gasteiger partial charge >= 0.3 is 0 Å². The molecule has 0 bridgehead atoms. The van der Waals surface area contributed by atoms with Crippen LogP contribution >= 0.6 is 0 Å². The zero-order chi connectivity index (χ0) is 21.6. The van der Waals surface area contributed by atoms with Gasteiger partial charge in [0, 0.05) is 24.2 Å². The van der Waals surface area contributed by atoms with E-state index in [0.29, 0.717) is 30.2 Å². The van der Waals surface area contributed by atoms with Gasteiger partial charge in [0.25, 0.3) is 11.5 Å². The molecule has 30 heavy (non-hydrogen) atoms. The summed E-state index contributed by atoms with van der Waals surface area (Å²) in [7, 11) is 0. The number of hydrogen-bond donors (Lipinski definition) is 2. The van der Waals surface area contributed by atoms with Crippen LogP contribution in [-0.2, 0) is 11.3 Å². The molecule has 0 aromatic carbocycles. The van der Waals surface area contributed by atoms with Crippen LogP contribution in [0.2, 0.25) is 0 Å². The smallest absolute Gasteiger partial charge is 0.291 e. The second kappa shape index (κ2) is 7.30. The molecule has 0 atom stereocenters. The van der Waals surface area contributed by atoms with Gasteiger partial charge in [-0.15, -0.1) is 0 Å². The van der Waals surface area contributed by atoms with E-state index in [0.717, 1.165) is 12.8 Å². The van der Waals surface area contributed by atoms with E-state index in [1.165, 1.54) is 10.7 Å². The molecule has 9 heteroatoms. The molecule has 1 saturated carbocycles. The van der Waals surface area contributed by atoms with Gasteiger partial charge in [-0.1, -0.05) is 13.8 Å². The number of rotatable bonds is 6. The Morgan fingerprint density at radius 1 is 1.40 bits per heavy atom. The summed E-state index contributed by atoms with van der Waals surface area (Å²) < 4.78 is 8.50. The predicted molar refractivity (Wildman–Crippen MR) is 113 cm³/mol. The summed E-state index contributed by atoms with van der Waals surface area (Å²) in [5, 5.41) is 17.9. The first kappa shape index (κ1) is 20.2. The third-order valence-corrected chi connectivity index (χ3v) is 5.00. The summed E-state index contributed by atoms with van der Waals surface area (Å²) in [5.74, 6) is -0.244. The van der Waals surface area contributed by atoms with E-state index in [9.17, 15) is 14.7 Å². The van der Waals surface area contributed by atoms with E-state index in [2.05, 4.69) is 15.4 Å². The molecule has 1 fully saturated rings. The first-order valence-corrected chi connectivity index (χ1v) is 10.2. The van der Waals surface area contributed by atoms with E-state index >= 15 is 0 Å². The van der Waals surface area contributed by atoms with Crippen LogP contribution in [0, 0.1) is 5.92 Å². The Labute approximate surface area is 174 Å². The largest absolute Gasteiger partial charge is 0.494 e. The lowest BCUT2D eigenvalue weighted by molar-refractivity contribution is 0.0944. The lowest BCUT2D eigenvalue weighted by Crippen LogP contribution is -2.34. The molecule has 1 amide bonds. The van der Waals surface area contributed by atoms with Crippen molar-refractivity contribution in [2.45, 2.75) is 58.7 Å². The molecule has 2 N–H and O–H groups in total. The van der Waals surface area contributed by atoms with Crippen molar-refractivity contribution in [1.82, 2.24) is 19.5 Å². The summed E-state index contributed by atoms with van der Waals surface area (Å²) in [6, 6.07) is 0.0677. The third-order valence-electron chi connectivity index (χ3n) is 5.00. The van der Waals surface area contributed by atoms with Crippen molar-refractivity contribution in [2.24, 2.45) is 10.9 Å². The molecule has 0 saturated heterocycles. The first-order chi connectivity index (χ1) is 14.2. The van der Waals surface area contributed by atoms with E-state index in [-0.39, 0.29) is 29.0 Å². The second-order valence-electron chi connectivity index (χ2n) is 8.94. The lowest BCUT2D eigenvalue weighted by Gasteiger charge is -2.17. The van der Waals surface area contributed by atoms with Crippen molar-refractivity contribution >= 4 is 23.5 Å². The van der Waals surface area contributed by atoms with Crippen LogP contribution in [0.1, 0.15) is 56.5 Å². The van der Waals surface area contributed by atoms with Crippen molar-refractivity contribution in [3.05, 3.63) is 33.8 Å². The van der Waals surface area contributed by atoms with Crippen molar-refractivity contribution in [3.63, 3.8) is 0 Å². The minimum absolute atomic E-state index is 0.0677. The van der Waals surface area contributed by atoms with Crippen LogP contribution in [0.5, 0.6) is 5.88 Å². The summed E-state index contributed by atoms with van der Waals surface area (Å²) in [4.78, 5) is 30.0. The fourth-order valence-electron chi connectivity index (χ4n) is 3.41. The number of carbonyl (C=O) groups excluding carboxylic acids is 1. The van der Waals surface area contributed by atoms with Crippen molar-refractivity contribution in [2.75, 3.05) is 6.54 Å². The maximum Gasteiger partial charge on any atom is 0.291 e. The minimum atomic E-state index is -0.643. The summed E-state index contributed by atoms with van der Waals surface area (Å²) in [6.45, 7) is 8.88. The number of carbonyl (C=O) groups is 1. The predicted octanol–water partition coefficient (Wildman–Crippen LogP) is 1.97. The van der Waals surface area contributed by atoms with Crippen molar-refractivity contribution < 1.29 is 14.6 Å². The Balaban J connectivity index is 1.80. The highest BCUT2D eigenvalue weighted by Crippen LogP contribution is 2.25. The molecular weight excluding hydrogens is 386 g/mol. The fraction of sp³-hybridized carbons (Fsp3) is 0.524. The van der Waals surface area contributed by atoms with Crippen LogP contribution in [-0.4, -0.2) is 49.3 Å². The van der Waals surface area contributed by atoms with Gasteiger partial charge in [-0.2, -0.15) is 9.61 Å². The van der Waals surface area contributed by atoms with E-state index in [4.69, 9.17) is 4.74 Å². The average Bonchev–Trinajstić information content (AvgIpc) is 3.24. The second-order valence-corrected chi connectivity index (χ2v) is 8.94. The summed E-state index contributed by atoms with van der Waals surface area (Å²) in [5.41, 5.74) is -0.228. The maximum absolute atomic E-state index is 13.0. The van der Waals surface area contributed by atoms with Crippen molar-refractivity contribution in [1.29, 1.82) is 0 Å². The molecule has 0 unspecified atom stereocenters. The summed E-state index contributed by atoms with van der Waals surface area (Å²) >= 11 is 0. The van der Waals surface area contributed by atoms with Crippen LogP contribution in [0.3, 0.4) is 0 Å². The number of aliphatic imine (C=N–C) groups is 1. The Morgan fingerprint density at radius 2 is 2.13 bits per heavy atom. The zero-order valence-electron chi connectivity index (χ0n) is 17.7. The number of hydrogen-bond acceptors (Lipinski definition) is 6. The van der Waals surface area contributed by atoms with Gasteiger partial charge in [-0.3, -0.25) is 14.2 Å². The topological polar surface area (TPSA) is 110 Å². The molecule has 2 aliphatic rings. The maximum atomic E-state index is 13.0. The van der Waals surface area contributed by atoms with Crippen LogP contribution < -0.4 is 10.9 Å². The summed E-state index contributed by atoms with van der Waals surface area (Å²) in [6.07, 6.45) is 6.78. The molecule has 9 nitrogen and oxygen atoms in total. The number of nitrogens with one attached hydrogen (secondary N) is 1. The van der Waals surface area contributed by atoms with Gasteiger partial charge < -0.3 is 15.2 Å². The highest BCUT2D eigenvalue weighted by molar-refractivity contribution is 5.97. The lowest BCUT2D eigenvalue weighted by atomic mass is 10.1. The molecular formula is C21H27N5O4. The average molecular weight is 413 g/mol. The van der Waals surface area contributed by atoms with Gasteiger partial charge in [-0.05, 0) is 38.7 Å². The zero-order valence-corrected chi connectivity index (χ0v) is 17.7. The number of nitrogens with zero attached hydrogens (tertiary/aromatic N) is 4. The van der Waals surface area contributed by atoms with Crippen molar-refractivity contribution in [3.8, 4) is 5.88 Å². The molecule has 0 radical (unpaired) electrons. The van der Waals surface area contributed by atoms with E-state index < -0.39 is 11.5 Å². The van der Waals surface area contributed by atoms with Crippen LogP contribution in [0.15, 0.2) is 22.1 Å². The van der Waals surface area contributed by atoms with Crippen LogP contribution in [0.25, 0.3) is 11.7 Å². The normalized spacial score (nSPS) is 18.2. The molecule has 1 aliphatic carbocycles. The number of aromatic nitrogens is 3. The third kappa shape index (κ3) is 3.83. The SMILES string of the molecule is CC(C)Cn1c(O)c(C(=O)NC2CC2)c(=O)n2ncc(C=CC3=NCC(C)(C)O3)c12. The van der Waals surface area contributed by atoms with Gasteiger partial charge in [0.1, 0.15) is 11.2 Å². The number of fused-ring (bicyclic) bond motifs is 1. The van der Waals surface area contributed by atoms with Gasteiger partial charge in [0.05, 0.1) is 12.7 Å².